The van der Waals surface area contributed by atoms with Gasteiger partial charge in [0.25, 0.3) is 0 Å². The van der Waals surface area contributed by atoms with E-state index in [9.17, 15) is 5.11 Å². The Kier molecular flexibility index (Phi) is 4.27. The highest BCUT2D eigenvalue weighted by atomic mass is 35.5. The molecule has 0 fully saturated rings. The highest BCUT2D eigenvalue weighted by Crippen LogP contribution is 2.28. The highest BCUT2D eigenvalue weighted by molar-refractivity contribution is 6.42. The van der Waals surface area contributed by atoms with E-state index in [1.54, 1.807) is 24.4 Å². The molecule has 2 rings (SSSR count). The molecule has 0 bridgehead atoms. The molecule has 1 N–H and O–H groups in total. The van der Waals surface area contributed by atoms with Crippen molar-refractivity contribution in [3.8, 4) is 0 Å². The molecule has 1 heterocycles. The molecule has 0 aliphatic rings. The van der Waals surface area contributed by atoms with Gasteiger partial charge in [0.1, 0.15) is 11.9 Å². The van der Waals surface area contributed by atoms with E-state index < -0.39 is 6.10 Å². The van der Waals surface area contributed by atoms with E-state index in [0.717, 1.165) is 13.0 Å². The molecule has 18 heavy (non-hydrogen) atoms. The first-order chi connectivity index (χ1) is 8.63. The minimum atomic E-state index is -0.790. The van der Waals surface area contributed by atoms with Crippen LogP contribution in [0.3, 0.4) is 0 Å². The predicted octanol–water partition coefficient (Wildman–Crippen LogP) is 3.68. The third kappa shape index (κ3) is 2.69. The Morgan fingerprint density at radius 2 is 2.11 bits per heavy atom. The van der Waals surface area contributed by atoms with Gasteiger partial charge in [0.05, 0.1) is 10.0 Å². The summed E-state index contributed by atoms with van der Waals surface area (Å²) in [5, 5.41) is 11.2. The molecule has 1 aromatic heterocycles. The fourth-order valence-corrected chi connectivity index (χ4v) is 2.14. The zero-order valence-electron chi connectivity index (χ0n) is 9.98. The number of hydrogen-bond acceptors (Lipinski definition) is 2. The molecule has 3 nitrogen and oxygen atoms in total. The molecule has 5 heteroatoms. The topological polar surface area (TPSA) is 38.0 Å². The summed E-state index contributed by atoms with van der Waals surface area (Å²) in [6, 6.07) is 5.10. The molecule has 0 saturated carbocycles. The van der Waals surface area contributed by atoms with Crippen molar-refractivity contribution < 1.29 is 5.11 Å². The number of halogens is 2. The van der Waals surface area contributed by atoms with Gasteiger partial charge in [-0.1, -0.05) is 36.2 Å². The number of nitrogens with zero attached hydrogens (tertiary/aromatic N) is 2. The summed E-state index contributed by atoms with van der Waals surface area (Å²) in [4.78, 5) is 4.20. The lowest BCUT2D eigenvalue weighted by Crippen LogP contribution is -2.09. The predicted molar refractivity (Wildman–Crippen MR) is 73.0 cm³/mol. The Morgan fingerprint density at radius 1 is 1.33 bits per heavy atom. The SMILES string of the molecule is CCCn1ccnc1C(O)c1ccc(Cl)c(Cl)c1. The zero-order chi connectivity index (χ0) is 13.1. The molecule has 1 unspecified atom stereocenters. The molecule has 2 aromatic rings. The van der Waals surface area contributed by atoms with Gasteiger partial charge in [-0.05, 0) is 24.1 Å². The molecule has 0 aliphatic carbocycles. The maximum atomic E-state index is 10.3. The maximum absolute atomic E-state index is 10.3. The summed E-state index contributed by atoms with van der Waals surface area (Å²) in [5.41, 5.74) is 0.688. The Hall–Kier alpha value is -1.03. The second kappa shape index (κ2) is 5.74. The van der Waals surface area contributed by atoms with Gasteiger partial charge >= 0.3 is 0 Å². The minimum Gasteiger partial charge on any atom is -0.380 e. The van der Waals surface area contributed by atoms with Gasteiger partial charge in [0.15, 0.2) is 0 Å². The first-order valence-electron chi connectivity index (χ1n) is 5.77. The van der Waals surface area contributed by atoms with Gasteiger partial charge in [-0.3, -0.25) is 0 Å². The minimum absolute atomic E-state index is 0.432. The van der Waals surface area contributed by atoms with Gasteiger partial charge in [-0.15, -0.1) is 0 Å². The molecule has 0 radical (unpaired) electrons. The van der Waals surface area contributed by atoms with E-state index in [1.807, 2.05) is 10.8 Å². The van der Waals surface area contributed by atoms with Crippen molar-refractivity contribution in [2.24, 2.45) is 0 Å². The fraction of sp³-hybridized carbons (Fsp3) is 0.308. The zero-order valence-corrected chi connectivity index (χ0v) is 11.5. The van der Waals surface area contributed by atoms with Crippen molar-refractivity contribution >= 4 is 23.2 Å². The maximum Gasteiger partial charge on any atom is 0.142 e. The van der Waals surface area contributed by atoms with Crippen LogP contribution in [0, 0.1) is 0 Å². The van der Waals surface area contributed by atoms with Gasteiger partial charge in [-0.25, -0.2) is 4.98 Å². The van der Waals surface area contributed by atoms with E-state index in [-0.39, 0.29) is 0 Å². The van der Waals surface area contributed by atoms with Crippen molar-refractivity contribution in [1.29, 1.82) is 0 Å². The molecule has 0 saturated heterocycles. The van der Waals surface area contributed by atoms with Crippen LogP contribution in [0.5, 0.6) is 0 Å². The lowest BCUT2D eigenvalue weighted by Gasteiger charge is -2.13. The van der Waals surface area contributed by atoms with Crippen LogP contribution >= 0.6 is 23.2 Å². The Labute approximate surface area is 116 Å². The van der Waals surface area contributed by atoms with Crippen LogP contribution in [0.15, 0.2) is 30.6 Å². The van der Waals surface area contributed by atoms with Gasteiger partial charge in [0, 0.05) is 18.9 Å². The van der Waals surface area contributed by atoms with Crippen LogP contribution in [0.4, 0.5) is 0 Å². The van der Waals surface area contributed by atoms with Gasteiger partial charge in [0.2, 0.25) is 0 Å². The van der Waals surface area contributed by atoms with Crippen molar-refractivity contribution in [3.63, 3.8) is 0 Å². The van der Waals surface area contributed by atoms with E-state index in [4.69, 9.17) is 23.2 Å². The third-order valence-corrected chi connectivity index (χ3v) is 3.46. The molecular formula is C13H14Cl2N2O. The van der Waals surface area contributed by atoms with Crippen LogP contribution in [-0.2, 0) is 6.54 Å². The molecule has 1 aromatic carbocycles. The van der Waals surface area contributed by atoms with Gasteiger partial charge in [-0.2, -0.15) is 0 Å². The standard InChI is InChI=1S/C13H14Cl2N2O/c1-2-6-17-7-5-16-13(17)12(18)9-3-4-10(14)11(15)8-9/h3-5,7-8,12,18H,2,6H2,1H3. The summed E-state index contributed by atoms with van der Waals surface area (Å²) < 4.78 is 1.94. The normalized spacial score (nSPS) is 12.7. The van der Waals surface area contributed by atoms with Crippen LogP contribution in [0.2, 0.25) is 10.0 Å². The summed E-state index contributed by atoms with van der Waals surface area (Å²) in [6.07, 6.45) is 3.74. The van der Waals surface area contributed by atoms with Crippen molar-refractivity contribution in [2.45, 2.75) is 26.0 Å². The average molecular weight is 285 g/mol. The second-order valence-corrected chi connectivity index (χ2v) is 4.87. The molecule has 0 amide bonds. The molecule has 0 spiro atoms. The first-order valence-corrected chi connectivity index (χ1v) is 6.53. The Morgan fingerprint density at radius 3 is 2.78 bits per heavy atom. The van der Waals surface area contributed by atoms with Gasteiger partial charge < -0.3 is 9.67 Å². The quantitative estimate of drug-likeness (QED) is 0.930. The largest absolute Gasteiger partial charge is 0.380 e. The highest BCUT2D eigenvalue weighted by Gasteiger charge is 2.16. The number of aromatic nitrogens is 2. The number of imidazole rings is 1. The summed E-state index contributed by atoms with van der Waals surface area (Å²) in [7, 11) is 0. The van der Waals surface area contributed by atoms with Crippen LogP contribution in [0.1, 0.15) is 30.8 Å². The second-order valence-electron chi connectivity index (χ2n) is 4.05. The summed E-state index contributed by atoms with van der Waals surface area (Å²) in [5.74, 6) is 0.621. The number of aryl methyl sites for hydroxylation is 1. The number of aliphatic hydroxyl groups is 1. The van der Waals surface area contributed by atoms with E-state index in [1.165, 1.54) is 0 Å². The Balaban J connectivity index is 2.32. The van der Waals surface area contributed by atoms with Crippen molar-refractivity contribution in [1.82, 2.24) is 9.55 Å². The average Bonchev–Trinajstić information content (AvgIpc) is 2.80. The van der Waals surface area contributed by atoms with Crippen LogP contribution in [-0.4, -0.2) is 14.7 Å². The van der Waals surface area contributed by atoms with Crippen molar-refractivity contribution in [2.75, 3.05) is 0 Å². The number of rotatable bonds is 4. The number of aliphatic hydroxyl groups excluding tert-OH is 1. The van der Waals surface area contributed by atoms with Crippen molar-refractivity contribution in [3.05, 3.63) is 52.0 Å². The lowest BCUT2D eigenvalue weighted by atomic mass is 10.1. The van der Waals surface area contributed by atoms with E-state index in [2.05, 4.69) is 11.9 Å². The van der Waals surface area contributed by atoms with Crippen LogP contribution in [0.25, 0.3) is 0 Å². The summed E-state index contributed by atoms with van der Waals surface area (Å²) in [6.45, 7) is 2.91. The fourth-order valence-electron chi connectivity index (χ4n) is 1.83. The number of hydrogen-bond donors (Lipinski definition) is 1. The monoisotopic (exact) mass is 284 g/mol. The molecular weight excluding hydrogens is 271 g/mol. The smallest absolute Gasteiger partial charge is 0.142 e. The first kappa shape index (κ1) is 13.4. The van der Waals surface area contributed by atoms with Crippen LogP contribution < -0.4 is 0 Å². The van der Waals surface area contributed by atoms with E-state index >= 15 is 0 Å². The molecule has 0 aliphatic heterocycles. The third-order valence-electron chi connectivity index (χ3n) is 2.72. The lowest BCUT2D eigenvalue weighted by molar-refractivity contribution is 0.204. The molecule has 1 atom stereocenters. The molecule has 96 valence electrons. The summed E-state index contributed by atoms with van der Waals surface area (Å²) >= 11 is 11.8. The number of benzene rings is 1. The van der Waals surface area contributed by atoms with E-state index in [0.29, 0.717) is 21.4 Å². The Bertz CT molecular complexity index is 540.